The summed E-state index contributed by atoms with van der Waals surface area (Å²) in [5.41, 5.74) is 10.5. The summed E-state index contributed by atoms with van der Waals surface area (Å²) in [7, 11) is 1.96. The first-order valence-electron chi connectivity index (χ1n) is 5.50. The molecule has 0 aliphatic heterocycles. The fourth-order valence-electron chi connectivity index (χ4n) is 1.87. The van der Waals surface area contributed by atoms with Crippen molar-refractivity contribution >= 4 is 0 Å². The largest absolute Gasteiger partial charge is 0.330 e. The highest BCUT2D eigenvalue weighted by molar-refractivity contribution is 5.65. The zero-order valence-electron chi connectivity index (χ0n) is 9.77. The van der Waals surface area contributed by atoms with E-state index in [1.807, 2.05) is 17.9 Å². The van der Waals surface area contributed by atoms with E-state index in [4.69, 9.17) is 5.73 Å². The van der Waals surface area contributed by atoms with Crippen molar-refractivity contribution in [2.24, 2.45) is 12.8 Å². The van der Waals surface area contributed by atoms with E-state index >= 15 is 0 Å². The minimum absolute atomic E-state index is 0.651. The third kappa shape index (κ3) is 1.99. The highest BCUT2D eigenvalue weighted by Gasteiger charge is 2.09. The predicted molar refractivity (Wildman–Crippen MR) is 66.1 cm³/mol. The lowest BCUT2D eigenvalue weighted by atomic mass is 10.0. The van der Waals surface area contributed by atoms with Gasteiger partial charge in [0.2, 0.25) is 0 Å². The van der Waals surface area contributed by atoms with E-state index in [1.165, 1.54) is 22.4 Å². The van der Waals surface area contributed by atoms with Crippen molar-refractivity contribution in [2.75, 3.05) is 6.54 Å². The molecular weight excluding hydrogens is 198 g/mol. The van der Waals surface area contributed by atoms with Gasteiger partial charge in [0.1, 0.15) is 0 Å². The number of hydrogen-bond acceptors (Lipinski definition) is 2. The van der Waals surface area contributed by atoms with Crippen molar-refractivity contribution in [1.82, 2.24) is 9.78 Å². The predicted octanol–water partition coefficient (Wildman–Crippen LogP) is 1.90. The van der Waals surface area contributed by atoms with Crippen LogP contribution in [0.4, 0.5) is 0 Å². The Bertz CT molecular complexity index is 468. The standard InChI is InChI=1S/C13H17N3/c1-10-3-5-11(6-4-10)12-9-15-16(2)13(12)7-8-14/h3-6,9H,7-8,14H2,1-2H3. The second-order valence-electron chi connectivity index (χ2n) is 4.03. The molecule has 84 valence electrons. The fourth-order valence-corrected chi connectivity index (χ4v) is 1.87. The van der Waals surface area contributed by atoms with E-state index in [2.05, 4.69) is 36.3 Å². The molecule has 3 nitrogen and oxygen atoms in total. The van der Waals surface area contributed by atoms with Gasteiger partial charge in [-0.2, -0.15) is 5.10 Å². The van der Waals surface area contributed by atoms with Crippen LogP contribution in [0.25, 0.3) is 11.1 Å². The minimum Gasteiger partial charge on any atom is -0.330 e. The van der Waals surface area contributed by atoms with E-state index in [1.54, 1.807) is 0 Å². The van der Waals surface area contributed by atoms with Crippen molar-refractivity contribution in [1.29, 1.82) is 0 Å². The van der Waals surface area contributed by atoms with Gasteiger partial charge in [-0.25, -0.2) is 0 Å². The van der Waals surface area contributed by atoms with Crippen LogP contribution in [0.5, 0.6) is 0 Å². The molecule has 2 aromatic rings. The molecule has 1 aromatic carbocycles. The third-order valence-corrected chi connectivity index (χ3v) is 2.81. The number of aromatic nitrogens is 2. The molecule has 0 saturated heterocycles. The Morgan fingerprint density at radius 1 is 1.25 bits per heavy atom. The summed E-state index contributed by atoms with van der Waals surface area (Å²) in [6.45, 7) is 2.74. The second-order valence-corrected chi connectivity index (χ2v) is 4.03. The van der Waals surface area contributed by atoms with Crippen molar-refractivity contribution in [3.05, 3.63) is 41.7 Å². The van der Waals surface area contributed by atoms with Gasteiger partial charge >= 0.3 is 0 Å². The van der Waals surface area contributed by atoms with Gasteiger partial charge in [-0.05, 0) is 19.0 Å². The molecule has 16 heavy (non-hydrogen) atoms. The van der Waals surface area contributed by atoms with Crippen LogP contribution in [0.1, 0.15) is 11.3 Å². The van der Waals surface area contributed by atoms with E-state index in [-0.39, 0.29) is 0 Å². The van der Waals surface area contributed by atoms with E-state index in [0.717, 1.165) is 6.42 Å². The summed E-state index contributed by atoms with van der Waals surface area (Å²) in [4.78, 5) is 0. The van der Waals surface area contributed by atoms with Crippen molar-refractivity contribution in [2.45, 2.75) is 13.3 Å². The summed E-state index contributed by atoms with van der Waals surface area (Å²) in [5, 5.41) is 4.30. The van der Waals surface area contributed by atoms with Crippen molar-refractivity contribution in [3.63, 3.8) is 0 Å². The molecular formula is C13H17N3. The van der Waals surface area contributed by atoms with Gasteiger partial charge in [0.25, 0.3) is 0 Å². The van der Waals surface area contributed by atoms with Crippen LogP contribution < -0.4 is 5.73 Å². The molecule has 0 unspecified atom stereocenters. The maximum absolute atomic E-state index is 5.62. The van der Waals surface area contributed by atoms with Gasteiger partial charge in [-0.1, -0.05) is 29.8 Å². The summed E-state index contributed by atoms with van der Waals surface area (Å²) in [6, 6.07) is 8.50. The number of rotatable bonds is 3. The van der Waals surface area contributed by atoms with E-state index in [0.29, 0.717) is 6.54 Å². The number of benzene rings is 1. The lowest BCUT2D eigenvalue weighted by Gasteiger charge is -2.05. The first kappa shape index (κ1) is 10.9. The Morgan fingerprint density at radius 2 is 1.94 bits per heavy atom. The summed E-state index contributed by atoms with van der Waals surface area (Å²) in [5.74, 6) is 0. The minimum atomic E-state index is 0.651. The first-order valence-corrected chi connectivity index (χ1v) is 5.50. The summed E-state index contributed by atoms with van der Waals surface area (Å²) in [6.07, 6.45) is 2.77. The van der Waals surface area contributed by atoms with Crippen LogP contribution in [0, 0.1) is 6.92 Å². The molecule has 1 heterocycles. The molecule has 0 spiro atoms. The van der Waals surface area contributed by atoms with Gasteiger partial charge < -0.3 is 5.73 Å². The molecule has 0 atom stereocenters. The molecule has 0 radical (unpaired) electrons. The molecule has 1 aromatic heterocycles. The second kappa shape index (κ2) is 4.49. The number of nitrogens with two attached hydrogens (primary N) is 1. The Labute approximate surface area is 95.9 Å². The van der Waals surface area contributed by atoms with E-state index < -0.39 is 0 Å². The molecule has 0 saturated carbocycles. The molecule has 0 amide bonds. The fraction of sp³-hybridized carbons (Fsp3) is 0.308. The summed E-state index contributed by atoms with van der Waals surface area (Å²) >= 11 is 0. The lowest BCUT2D eigenvalue weighted by Crippen LogP contribution is -2.08. The van der Waals surface area contributed by atoms with Crippen molar-refractivity contribution in [3.8, 4) is 11.1 Å². The molecule has 0 fully saturated rings. The van der Waals surface area contributed by atoms with Gasteiger partial charge in [0.15, 0.2) is 0 Å². The molecule has 0 aliphatic rings. The van der Waals surface area contributed by atoms with Crippen LogP contribution in [-0.2, 0) is 13.5 Å². The van der Waals surface area contributed by atoms with Gasteiger partial charge in [-0.15, -0.1) is 0 Å². The van der Waals surface area contributed by atoms with Crippen LogP contribution >= 0.6 is 0 Å². The zero-order valence-corrected chi connectivity index (χ0v) is 9.77. The maximum atomic E-state index is 5.62. The topological polar surface area (TPSA) is 43.8 Å². The third-order valence-electron chi connectivity index (χ3n) is 2.81. The number of hydrogen-bond donors (Lipinski definition) is 1. The van der Waals surface area contributed by atoms with Gasteiger partial charge in [0.05, 0.1) is 6.20 Å². The Kier molecular flexibility index (Phi) is 3.06. The average molecular weight is 215 g/mol. The average Bonchev–Trinajstić information content (AvgIpc) is 2.63. The highest BCUT2D eigenvalue weighted by Crippen LogP contribution is 2.23. The van der Waals surface area contributed by atoms with E-state index in [9.17, 15) is 0 Å². The molecule has 2 rings (SSSR count). The first-order chi connectivity index (χ1) is 7.72. The molecule has 2 N–H and O–H groups in total. The van der Waals surface area contributed by atoms with Gasteiger partial charge in [0, 0.05) is 24.7 Å². The monoisotopic (exact) mass is 215 g/mol. The maximum Gasteiger partial charge on any atom is 0.0571 e. The quantitative estimate of drug-likeness (QED) is 0.849. The Hall–Kier alpha value is -1.61. The SMILES string of the molecule is Cc1ccc(-c2cnn(C)c2CCN)cc1. The molecule has 3 heteroatoms. The molecule has 0 bridgehead atoms. The summed E-state index contributed by atoms with van der Waals surface area (Å²) < 4.78 is 1.90. The smallest absolute Gasteiger partial charge is 0.0571 e. The van der Waals surface area contributed by atoms with Crippen molar-refractivity contribution < 1.29 is 0 Å². The number of nitrogens with zero attached hydrogens (tertiary/aromatic N) is 2. The van der Waals surface area contributed by atoms with Crippen LogP contribution in [-0.4, -0.2) is 16.3 Å². The Morgan fingerprint density at radius 3 is 2.56 bits per heavy atom. The van der Waals surface area contributed by atoms with Crippen LogP contribution in [0.3, 0.4) is 0 Å². The van der Waals surface area contributed by atoms with Gasteiger partial charge in [-0.3, -0.25) is 4.68 Å². The molecule has 0 aliphatic carbocycles. The van der Waals surface area contributed by atoms with Crippen LogP contribution in [0.2, 0.25) is 0 Å². The van der Waals surface area contributed by atoms with Crippen LogP contribution in [0.15, 0.2) is 30.5 Å². The Balaban J connectivity index is 2.43. The zero-order chi connectivity index (χ0) is 11.5. The normalized spacial score (nSPS) is 10.7. The highest BCUT2D eigenvalue weighted by atomic mass is 15.3. The lowest BCUT2D eigenvalue weighted by molar-refractivity contribution is 0.707. The number of aryl methyl sites for hydroxylation is 2.